The Morgan fingerprint density at radius 2 is 1.90 bits per heavy atom. The summed E-state index contributed by atoms with van der Waals surface area (Å²) in [7, 11) is 0. The fraction of sp³-hybridized carbons (Fsp3) is 0.350. The number of aliphatic hydroxyl groups is 4. The van der Waals surface area contributed by atoms with E-state index in [4.69, 9.17) is 16.9 Å². The molecule has 1 aromatic rings. The molecule has 0 aliphatic heterocycles. The number of benzene rings is 1. The molecule has 2 unspecified atom stereocenters. The summed E-state index contributed by atoms with van der Waals surface area (Å²) in [6.07, 6.45) is -1.93. The van der Waals surface area contributed by atoms with E-state index >= 15 is 0 Å². The van der Waals surface area contributed by atoms with E-state index < -0.39 is 76.1 Å². The van der Waals surface area contributed by atoms with Crippen molar-refractivity contribution in [3.05, 3.63) is 40.2 Å². The number of carbonyl (C=O) groups excluding carboxylic acids is 2. The van der Waals surface area contributed by atoms with Gasteiger partial charge in [-0.05, 0) is 17.5 Å². The van der Waals surface area contributed by atoms with Gasteiger partial charge in [0.2, 0.25) is 5.78 Å². The minimum atomic E-state index is -2.69. The number of hydrogen-bond acceptors (Lipinski definition) is 9. The number of phenolic OH excluding ortho intramolecular Hbond substituents is 1. The van der Waals surface area contributed by atoms with Crippen molar-refractivity contribution in [3.63, 3.8) is 0 Å². The van der Waals surface area contributed by atoms with E-state index in [0.717, 1.165) is 0 Å². The van der Waals surface area contributed by atoms with Gasteiger partial charge in [0.1, 0.15) is 22.8 Å². The fourth-order valence-electron chi connectivity index (χ4n) is 5.06. The van der Waals surface area contributed by atoms with Crippen LogP contribution in [-0.4, -0.2) is 54.6 Å². The molecule has 10 nitrogen and oxygen atoms in total. The normalized spacial score (nSPS) is 33.2. The van der Waals surface area contributed by atoms with Crippen LogP contribution in [0.1, 0.15) is 30.4 Å². The summed E-state index contributed by atoms with van der Waals surface area (Å²) < 4.78 is 0. The first-order chi connectivity index (χ1) is 13.9. The number of anilines is 1. The smallest absolute Gasteiger partial charge is 0.254 e. The van der Waals surface area contributed by atoms with Crippen molar-refractivity contribution in [2.45, 2.75) is 31.0 Å². The van der Waals surface area contributed by atoms with Gasteiger partial charge in [0.25, 0.3) is 5.91 Å². The van der Waals surface area contributed by atoms with Gasteiger partial charge in [0, 0.05) is 23.8 Å². The molecular formula is C20H21N3O7. The Morgan fingerprint density at radius 3 is 2.50 bits per heavy atom. The Morgan fingerprint density at radius 1 is 1.27 bits per heavy atom. The molecule has 5 atom stereocenters. The first-order valence-electron chi connectivity index (χ1n) is 9.25. The molecule has 0 bridgehead atoms. The van der Waals surface area contributed by atoms with Crippen molar-refractivity contribution in [1.82, 2.24) is 0 Å². The van der Waals surface area contributed by atoms with Crippen molar-refractivity contribution in [2.24, 2.45) is 17.6 Å². The van der Waals surface area contributed by atoms with Crippen LogP contribution < -0.4 is 11.5 Å². The molecule has 10 N–H and O–H groups in total. The Hall–Kier alpha value is -3.37. The highest BCUT2D eigenvalue weighted by atomic mass is 16.3. The maximum atomic E-state index is 13.4. The lowest BCUT2D eigenvalue weighted by atomic mass is 9.55. The number of rotatable bonds is 1. The molecule has 158 valence electrons. The Balaban J connectivity index is 2.00. The summed E-state index contributed by atoms with van der Waals surface area (Å²) in [6, 6.07) is 2.99. The fourth-order valence-corrected chi connectivity index (χ4v) is 5.06. The highest BCUT2D eigenvalue weighted by Gasteiger charge is 2.64. The van der Waals surface area contributed by atoms with Gasteiger partial charge in [-0.3, -0.25) is 9.59 Å². The van der Waals surface area contributed by atoms with Gasteiger partial charge < -0.3 is 42.4 Å². The van der Waals surface area contributed by atoms with Crippen LogP contribution in [0.3, 0.4) is 0 Å². The SMILES string of the molecule is C[C@H]1c2ccc(N)c(O)c2C(O)=C2C(=O)[C@]3(O)C(=N)C(C(N)=O)=C(O)CC3[C@@H](O)C21. The van der Waals surface area contributed by atoms with Crippen molar-refractivity contribution in [2.75, 3.05) is 5.73 Å². The van der Waals surface area contributed by atoms with Gasteiger partial charge in [-0.25, -0.2) is 0 Å². The van der Waals surface area contributed by atoms with E-state index in [2.05, 4.69) is 0 Å². The second kappa shape index (κ2) is 6.07. The second-order valence-corrected chi connectivity index (χ2v) is 8.00. The highest BCUT2D eigenvalue weighted by molar-refractivity contribution is 6.33. The molecule has 1 fully saturated rings. The summed E-state index contributed by atoms with van der Waals surface area (Å²) >= 11 is 0. The standard InChI is InChI=1S/C20H21N3O7/c1-5-6-2-3-8(21)15(26)11(6)16(27)13-10(5)14(25)7-4-9(24)12(19(23)29)17(22)20(7,30)18(13)28/h2-3,5,7,10,14,22,24-27,30H,4,21H2,1H3,(H2,23,29)/t5-,7?,10?,14+,20+/m0/s1. The summed E-state index contributed by atoms with van der Waals surface area (Å²) in [6.45, 7) is 1.67. The first kappa shape index (κ1) is 19.9. The molecule has 1 aromatic carbocycles. The number of Topliss-reactive ketones (excluding diaryl/α,β-unsaturated/α-hetero) is 1. The van der Waals surface area contributed by atoms with E-state index in [0.29, 0.717) is 5.56 Å². The predicted octanol–water partition coefficient (Wildman–Crippen LogP) is -0.0114. The lowest BCUT2D eigenvalue weighted by Gasteiger charge is -2.51. The molecule has 0 aromatic heterocycles. The monoisotopic (exact) mass is 415 g/mol. The predicted molar refractivity (Wildman–Crippen MR) is 105 cm³/mol. The number of nitrogens with two attached hydrogens (primary N) is 2. The third-order valence-corrected chi connectivity index (χ3v) is 6.58. The number of aliphatic hydroxyl groups excluding tert-OH is 3. The molecule has 0 radical (unpaired) electrons. The van der Waals surface area contributed by atoms with Gasteiger partial charge in [0.05, 0.1) is 23.1 Å². The Labute approximate surface area is 170 Å². The summed E-state index contributed by atoms with van der Waals surface area (Å²) in [5.74, 6) is -6.94. The number of carbonyl (C=O) groups is 2. The Kier molecular flexibility index (Phi) is 4.03. The molecule has 3 aliphatic carbocycles. The molecule has 0 saturated heterocycles. The average Bonchev–Trinajstić information content (AvgIpc) is 2.67. The molecule has 4 rings (SSSR count). The zero-order valence-corrected chi connectivity index (χ0v) is 15.9. The zero-order chi connectivity index (χ0) is 22.3. The lowest BCUT2D eigenvalue weighted by molar-refractivity contribution is -0.146. The topological polar surface area (TPSA) is 211 Å². The number of hydrogen-bond donors (Lipinski definition) is 8. The molecule has 10 heteroatoms. The molecule has 30 heavy (non-hydrogen) atoms. The van der Waals surface area contributed by atoms with E-state index in [1.54, 1.807) is 13.0 Å². The number of aromatic hydroxyl groups is 1. The highest BCUT2D eigenvalue weighted by Crippen LogP contribution is 2.55. The maximum Gasteiger partial charge on any atom is 0.254 e. The Bertz CT molecular complexity index is 1110. The number of nitrogens with one attached hydrogen (secondary N) is 1. The average molecular weight is 415 g/mol. The van der Waals surface area contributed by atoms with Gasteiger partial charge in [0.15, 0.2) is 5.60 Å². The maximum absolute atomic E-state index is 13.4. The zero-order valence-electron chi connectivity index (χ0n) is 15.9. The van der Waals surface area contributed by atoms with E-state index in [-0.39, 0.29) is 16.8 Å². The summed E-state index contributed by atoms with van der Waals surface area (Å²) in [5.41, 5.74) is 6.51. The molecule has 1 amide bonds. The van der Waals surface area contributed by atoms with Crippen LogP contribution in [0, 0.1) is 17.2 Å². The molecule has 0 spiro atoms. The number of allylic oxidation sites excluding steroid dienone is 1. The number of nitrogen functional groups attached to an aromatic ring is 1. The second-order valence-electron chi connectivity index (χ2n) is 8.00. The van der Waals surface area contributed by atoms with Crippen LogP contribution >= 0.6 is 0 Å². The summed E-state index contributed by atoms with van der Waals surface area (Å²) in [5, 5.41) is 62.0. The third-order valence-electron chi connectivity index (χ3n) is 6.58. The number of fused-ring (bicyclic) bond motifs is 3. The molecular weight excluding hydrogens is 394 g/mol. The molecule has 0 heterocycles. The van der Waals surface area contributed by atoms with E-state index in [1.807, 2.05) is 0 Å². The lowest BCUT2D eigenvalue weighted by Crippen LogP contribution is -2.66. The van der Waals surface area contributed by atoms with Crippen LogP contribution in [0.25, 0.3) is 5.76 Å². The van der Waals surface area contributed by atoms with Crippen molar-refractivity contribution < 1.29 is 35.1 Å². The number of ketones is 1. The van der Waals surface area contributed by atoms with Crippen LogP contribution in [0.4, 0.5) is 5.69 Å². The minimum Gasteiger partial charge on any atom is -0.511 e. The molecule has 1 saturated carbocycles. The van der Waals surface area contributed by atoms with E-state index in [9.17, 15) is 35.1 Å². The quantitative estimate of drug-likeness (QED) is 0.230. The third kappa shape index (κ3) is 2.17. The van der Waals surface area contributed by atoms with Crippen LogP contribution in [0.15, 0.2) is 29.0 Å². The van der Waals surface area contributed by atoms with Crippen molar-refractivity contribution >= 4 is 28.8 Å². The van der Waals surface area contributed by atoms with Gasteiger partial charge in [-0.1, -0.05) is 13.0 Å². The van der Waals surface area contributed by atoms with Gasteiger partial charge in [-0.15, -0.1) is 0 Å². The van der Waals surface area contributed by atoms with Gasteiger partial charge in [-0.2, -0.15) is 0 Å². The molecule has 3 aliphatic rings. The number of phenols is 1. The number of amides is 1. The largest absolute Gasteiger partial charge is 0.511 e. The van der Waals surface area contributed by atoms with Crippen LogP contribution in [0.2, 0.25) is 0 Å². The van der Waals surface area contributed by atoms with Crippen LogP contribution in [0.5, 0.6) is 5.75 Å². The van der Waals surface area contributed by atoms with Gasteiger partial charge >= 0.3 is 0 Å². The first-order valence-corrected chi connectivity index (χ1v) is 9.25. The van der Waals surface area contributed by atoms with Crippen LogP contribution in [-0.2, 0) is 9.59 Å². The van der Waals surface area contributed by atoms with Crippen molar-refractivity contribution in [1.29, 1.82) is 5.41 Å². The minimum absolute atomic E-state index is 0.0405. The summed E-state index contributed by atoms with van der Waals surface area (Å²) in [4.78, 5) is 25.1. The number of primary amides is 1. The van der Waals surface area contributed by atoms with E-state index in [1.165, 1.54) is 6.07 Å². The van der Waals surface area contributed by atoms with Crippen molar-refractivity contribution in [3.8, 4) is 5.75 Å².